The second-order valence-electron chi connectivity index (χ2n) is 6.31. The lowest BCUT2D eigenvalue weighted by Gasteiger charge is -2.07. The SMILES string of the molecule is Cc1ccc(NC(=O)c2ccc(Cn3nc(C)c([N+](=O)[O-])c3C)cc2)nc1. The predicted molar refractivity (Wildman–Crippen MR) is 101 cm³/mol. The number of pyridine rings is 1. The third kappa shape index (κ3) is 4.00. The van der Waals surface area contributed by atoms with Gasteiger partial charge in [-0.2, -0.15) is 5.10 Å². The van der Waals surface area contributed by atoms with Crippen LogP contribution in [0.4, 0.5) is 11.5 Å². The summed E-state index contributed by atoms with van der Waals surface area (Å²) in [5.74, 6) is 0.240. The lowest BCUT2D eigenvalue weighted by atomic mass is 10.1. The molecule has 0 bridgehead atoms. The lowest BCUT2D eigenvalue weighted by molar-refractivity contribution is -0.386. The molecule has 1 aromatic carbocycles. The number of hydrogen-bond donors (Lipinski definition) is 1. The number of nitrogens with one attached hydrogen (secondary N) is 1. The number of nitrogens with zero attached hydrogens (tertiary/aromatic N) is 4. The number of carbonyl (C=O) groups excluding carboxylic acids is 1. The maximum Gasteiger partial charge on any atom is 0.312 e. The highest BCUT2D eigenvalue weighted by Crippen LogP contribution is 2.22. The minimum absolute atomic E-state index is 0.0385. The van der Waals surface area contributed by atoms with Gasteiger partial charge in [-0.1, -0.05) is 18.2 Å². The molecule has 1 amide bonds. The summed E-state index contributed by atoms with van der Waals surface area (Å²) in [6.07, 6.45) is 1.69. The van der Waals surface area contributed by atoms with Crippen molar-refractivity contribution in [1.82, 2.24) is 14.8 Å². The molecule has 27 heavy (non-hydrogen) atoms. The van der Waals surface area contributed by atoms with E-state index < -0.39 is 4.92 Å². The Labute approximate surface area is 156 Å². The zero-order valence-electron chi connectivity index (χ0n) is 15.3. The van der Waals surface area contributed by atoms with Crippen molar-refractivity contribution in [2.75, 3.05) is 5.32 Å². The molecule has 2 aromatic heterocycles. The van der Waals surface area contributed by atoms with E-state index in [9.17, 15) is 14.9 Å². The number of benzene rings is 1. The van der Waals surface area contributed by atoms with Gasteiger partial charge in [-0.25, -0.2) is 4.98 Å². The molecule has 0 spiro atoms. The van der Waals surface area contributed by atoms with Crippen LogP contribution >= 0.6 is 0 Å². The van der Waals surface area contributed by atoms with E-state index in [4.69, 9.17) is 0 Å². The first-order chi connectivity index (χ1) is 12.8. The molecule has 8 heteroatoms. The van der Waals surface area contributed by atoms with Gasteiger partial charge in [0, 0.05) is 11.8 Å². The topological polar surface area (TPSA) is 103 Å². The Morgan fingerprint density at radius 3 is 2.41 bits per heavy atom. The Balaban J connectivity index is 1.72. The third-order valence-electron chi connectivity index (χ3n) is 4.23. The summed E-state index contributed by atoms with van der Waals surface area (Å²) in [6.45, 7) is 5.61. The van der Waals surface area contributed by atoms with Gasteiger partial charge >= 0.3 is 5.69 Å². The van der Waals surface area contributed by atoms with E-state index in [1.807, 2.05) is 13.0 Å². The van der Waals surface area contributed by atoms with Crippen LogP contribution in [0.25, 0.3) is 0 Å². The van der Waals surface area contributed by atoms with Gasteiger partial charge in [-0.15, -0.1) is 0 Å². The smallest absolute Gasteiger partial charge is 0.307 e. The van der Waals surface area contributed by atoms with E-state index in [0.717, 1.165) is 11.1 Å². The molecule has 0 aliphatic heterocycles. The van der Waals surface area contributed by atoms with E-state index in [-0.39, 0.29) is 11.6 Å². The molecule has 0 atom stereocenters. The molecule has 0 saturated carbocycles. The summed E-state index contributed by atoms with van der Waals surface area (Å²) in [7, 11) is 0. The van der Waals surface area contributed by atoms with E-state index in [1.54, 1.807) is 55.1 Å². The van der Waals surface area contributed by atoms with Gasteiger partial charge < -0.3 is 5.32 Å². The van der Waals surface area contributed by atoms with Gasteiger partial charge in [0.2, 0.25) is 0 Å². The second-order valence-corrected chi connectivity index (χ2v) is 6.31. The summed E-state index contributed by atoms with van der Waals surface area (Å²) in [6, 6.07) is 10.6. The van der Waals surface area contributed by atoms with Crippen molar-refractivity contribution in [3.05, 3.63) is 80.8 Å². The quantitative estimate of drug-likeness (QED) is 0.551. The monoisotopic (exact) mass is 365 g/mol. The third-order valence-corrected chi connectivity index (χ3v) is 4.23. The Morgan fingerprint density at radius 2 is 1.85 bits per heavy atom. The normalized spacial score (nSPS) is 10.6. The highest BCUT2D eigenvalue weighted by molar-refractivity contribution is 6.03. The fraction of sp³-hybridized carbons (Fsp3) is 0.211. The molecule has 0 aliphatic rings. The average Bonchev–Trinajstić information content (AvgIpc) is 2.91. The summed E-state index contributed by atoms with van der Waals surface area (Å²) in [4.78, 5) is 27.1. The first-order valence-electron chi connectivity index (χ1n) is 8.36. The van der Waals surface area contributed by atoms with Crippen LogP contribution in [0, 0.1) is 30.9 Å². The van der Waals surface area contributed by atoms with Crippen LogP contribution in [-0.4, -0.2) is 25.6 Å². The summed E-state index contributed by atoms with van der Waals surface area (Å²) in [5, 5.41) is 18.1. The molecular weight excluding hydrogens is 346 g/mol. The molecule has 0 radical (unpaired) electrons. The zero-order chi connectivity index (χ0) is 19.6. The van der Waals surface area contributed by atoms with Crippen molar-refractivity contribution in [2.24, 2.45) is 0 Å². The van der Waals surface area contributed by atoms with Gasteiger partial charge in [-0.3, -0.25) is 19.6 Å². The van der Waals surface area contributed by atoms with Gasteiger partial charge in [0.25, 0.3) is 5.91 Å². The van der Waals surface area contributed by atoms with E-state index in [1.165, 1.54) is 0 Å². The van der Waals surface area contributed by atoms with Crippen molar-refractivity contribution in [1.29, 1.82) is 0 Å². The predicted octanol–water partition coefficient (Wildman–Crippen LogP) is 3.41. The fourth-order valence-electron chi connectivity index (χ4n) is 2.77. The fourth-order valence-corrected chi connectivity index (χ4v) is 2.77. The summed E-state index contributed by atoms with van der Waals surface area (Å²) < 4.78 is 1.60. The maximum absolute atomic E-state index is 12.3. The first kappa shape index (κ1) is 18.2. The van der Waals surface area contributed by atoms with Crippen LogP contribution in [0.3, 0.4) is 0 Å². The molecule has 1 N–H and O–H groups in total. The molecular formula is C19H19N5O3. The lowest BCUT2D eigenvalue weighted by Crippen LogP contribution is -2.13. The van der Waals surface area contributed by atoms with Crippen LogP contribution in [0.1, 0.15) is 32.9 Å². The minimum Gasteiger partial charge on any atom is -0.307 e. The van der Waals surface area contributed by atoms with Crippen molar-refractivity contribution in [3.63, 3.8) is 0 Å². The molecule has 3 rings (SSSR count). The van der Waals surface area contributed by atoms with E-state index in [0.29, 0.717) is 29.3 Å². The number of amides is 1. The van der Waals surface area contributed by atoms with Crippen molar-refractivity contribution in [3.8, 4) is 0 Å². The number of aryl methyl sites for hydroxylation is 2. The standard InChI is InChI=1S/C19H19N5O3/c1-12-4-9-17(20-10-12)21-19(25)16-7-5-15(6-8-16)11-23-14(3)18(24(26)27)13(2)22-23/h4-10H,11H2,1-3H3,(H,20,21,25). The second kappa shape index (κ2) is 7.36. The van der Waals surface area contributed by atoms with Crippen molar-refractivity contribution >= 4 is 17.4 Å². The molecule has 0 unspecified atom stereocenters. The first-order valence-corrected chi connectivity index (χ1v) is 8.36. The Hall–Kier alpha value is -3.55. The minimum atomic E-state index is -0.416. The van der Waals surface area contributed by atoms with E-state index >= 15 is 0 Å². The molecule has 0 saturated heterocycles. The molecule has 8 nitrogen and oxygen atoms in total. The number of anilines is 1. The molecule has 0 fully saturated rings. The number of nitro groups is 1. The summed E-state index contributed by atoms with van der Waals surface area (Å²) >= 11 is 0. The molecule has 2 heterocycles. The highest BCUT2D eigenvalue weighted by atomic mass is 16.6. The van der Waals surface area contributed by atoms with Crippen LogP contribution < -0.4 is 5.32 Å². The van der Waals surface area contributed by atoms with Crippen molar-refractivity contribution < 1.29 is 9.72 Å². The van der Waals surface area contributed by atoms with Crippen LogP contribution in [0.15, 0.2) is 42.6 Å². The van der Waals surface area contributed by atoms with Gasteiger partial charge in [0.1, 0.15) is 17.2 Å². The van der Waals surface area contributed by atoms with Crippen molar-refractivity contribution in [2.45, 2.75) is 27.3 Å². The number of carbonyl (C=O) groups is 1. The Bertz CT molecular complexity index is 991. The Kier molecular flexibility index (Phi) is 4.98. The zero-order valence-corrected chi connectivity index (χ0v) is 15.3. The van der Waals surface area contributed by atoms with Gasteiger partial charge in [-0.05, 0) is 50.1 Å². The van der Waals surface area contributed by atoms with Gasteiger partial charge in [0.05, 0.1) is 11.5 Å². The molecule has 3 aromatic rings. The largest absolute Gasteiger partial charge is 0.312 e. The van der Waals surface area contributed by atoms with Gasteiger partial charge in [0.15, 0.2) is 0 Å². The molecule has 138 valence electrons. The average molecular weight is 365 g/mol. The number of hydrogen-bond acceptors (Lipinski definition) is 5. The van der Waals surface area contributed by atoms with E-state index in [2.05, 4.69) is 15.4 Å². The maximum atomic E-state index is 12.3. The van der Waals surface area contributed by atoms with Crippen LogP contribution in [0.2, 0.25) is 0 Å². The highest BCUT2D eigenvalue weighted by Gasteiger charge is 2.21. The number of aromatic nitrogens is 3. The Morgan fingerprint density at radius 1 is 1.15 bits per heavy atom. The molecule has 0 aliphatic carbocycles. The summed E-state index contributed by atoms with van der Waals surface area (Å²) in [5.41, 5.74) is 3.34. The van der Waals surface area contributed by atoms with Crippen LogP contribution in [-0.2, 0) is 6.54 Å². The number of rotatable bonds is 5. The van der Waals surface area contributed by atoms with Crippen LogP contribution in [0.5, 0.6) is 0 Å².